The molecule has 2 aromatic carbocycles. The summed E-state index contributed by atoms with van der Waals surface area (Å²) in [5.74, 6) is 1.19. The molecule has 7 heteroatoms. The van der Waals surface area contributed by atoms with Gasteiger partial charge in [0.25, 0.3) is 5.91 Å². The minimum atomic E-state index is -3.32. The predicted octanol–water partition coefficient (Wildman–Crippen LogP) is 4.97. The monoisotopic (exact) mass is 417 g/mol. The van der Waals surface area contributed by atoms with Crippen LogP contribution in [0.15, 0.2) is 72.6 Å². The van der Waals surface area contributed by atoms with Crippen molar-refractivity contribution in [3.63, 3.8) is 0 Å². The summed E-state index contributed by atoms with van der Waals surface area (Å²) in [6.07, 6.45) is 1.79. The second-order valence-corrected chi connectivity index (χ2v) is 8.03. The van der Waals surface area contributed by atoms with E-state index in [9.17, 15) is 9.36 Å². The van der Waals surface area contributed by atoms with Crippen LogP contribution < -0.4 is 0 Å². The van der Waals surface area contributed by atoms with Crippen molar-refractivity contribution in [2.24, 2.45) is 0 Å². The van der Waals surface area contributed by atoms with Gasteiger partial charge in [0.1, 0.15) is 6.61 Å². The standard InChI is InChI=1S/C22H28NO5P/c1-3-27-29(25,28-4-2)17-11-16-23(26-19-21-14-9-6-10-15-21)22(24)18-20-12-7-5-8-13-20/h5-15,17H,3-4,16,18-19H2,1-2H3/b17-11+. The van der Waals surface area contributed by atoms with Crippen molar-refractivity contribution in [3.8, 4) is 0 Å². The van der Waals surface area contributed by atoms with Crippen molar-refractivity contribution >= 4 is 13.5 Å². The zero-order chi connectivity index (χ0) is 21.0. The Morgan fingerprint density at radius 3 is 2.03 bits per heavy atom. The number of amides is 1. The van der Waals surface area contributed by atoms with E-state index in [1.54, 1.807) is 19.9 Å². The van der Waals surface area contributed by atoms with E-state index in [1.165, 1.54) is 10.9 Å². The Balaban J connectivity index is 2.07. The first-order chi connectivity index (χ1) is 14.1. The fraction of sp³-hybridized carbons (Fsp3) is 0.318. The van der Waals surface area contributed by atoms with E-state index >= 15 is 0 Å². The van der Waals surface area contributed by atoms with Crippen molar-refractivity contribution < 1.29 is 23.2 Å². The topological polar surface area (TPSA) is 65.1 Å². The molecule has 0 atom stereocenters. The Hall–Kier alpha value is -2.24. The average Bonchev–Trinajstić information content (AvgIpc) is 2.72. The van der Waals surface area contributed by atoms with Crippen LogP contribution in [-0.4, -0.2) is 30.7 Å². The number of carbonyl (C=O) groups excluding carboxylic acids is 1. The lowest BCUT2D eigenvalue weighted by atomic mass is 10.1. The fourth-order valence-corrected chi connectivity index (χ4v) is 3.89. The van der Waals surface area contributed by atoms with Gasteiger partial charge in [-0.1, -0.05) is 66.7 Å². The maximum Gasteiger partial charge on any atom is 0.353 e. The summed E-state index contributed by atoms with van der Waals surface area (Å²) >= 11 is 0. The van der Waals surface area contributed by atoms with Crippen LogP contribution >= 0.6 is 7.60 Å². The number of hydrogen-bond acceptors (Lipinski definition) is 5. The maximum absolute atomic E-state index is 12.8. The van der Waals surface area contributed by atoms with Crippen LogP contribution in [0.2, 0.25) is 0 Å². The molecule has 29 heavy (non-hydrogen) atoms. The lowest BCUT2D eigenvalue weighted by molar-refractivity contribution is -0.187. The van der Waals surface area contributed by atoms with Gasteiger partial charge in [-0.2, -0.15) is 0 Å². The van der Waals surface area contributed by atoms with E-state index in [1.807, 2.05) is 60.7 Å². The van der Waals surface area contributed by atoms with E-state index in [2.05, 4.69) is 0 Å². The summed E-state index contributed by atoms with van der Waals surface area (Å²) in [6, 6.07) is 19.1. The van der Waals surface area contributed by atoms with Gasteiger partial charge in [0.2, 0.25) is 0 Å². The molecule has 0 radical (unpaired) electrons. The average molecular weight is 417 g/mol. The summed E-state index contributed by atoms with van der Waals surface area (Å²) < 4.78 is 23.0. The highest BCUT2D eigenvalue weighted by atomic mass is 31.2. The van der Waals surface area contributed by atoms with Crippen LogP contribution in [0.1, 0.15) is 25.0 Å². The number of hydrogen-bond donors (Lipinski definition) is 0. The predicted molar refractivity (Wildman–Crippen MR) is 113 cm³/mol. The minimum absolute atomic E-state index is 0.128. The Bertz CT molecular complexity index is 800. The van der Waals surface area contributed by atoms with E-state index in [0.29, 0.717) is 0 Å². The number of benzene rings is 2. The molecule has 0 spiro atoms. The third kappa shape index (κ3) is 8.34. The highest BCUT2D eigenvalue weighted by Gasteiger charge is 2.20. The Labute approximate surface area is 172 Å². The summed E-state index contributed by atoms with van der Waals surface area (Å²) in [7, 11) is -3.32. The summed E-state index contributed by atoms with van der Waals surface area (Å²) in [5.41, 5.74) is 1.84. The van der Waals surface area contributed by atoms with Crippen molar-refractivity contribution in [3.05, 3.63) is 83.7 Å². The van der Waals surface area contributed by atoms with Gasteiger partial charge in [0.05, 0.1) is 26.2 Å². The van der Waals surface area contributed by atoms with Gasteiger partial charge in [-0.25, -0.2) is 5.06 Å². The van der Waals surface area contributed by atoms with Gasteiger partial charge in [-0.15, -0.1) is 0 Å². The van der Waals surface area contributed by atoms with E-state index < -0.39 is 7.60 Å². The van der Waals surface area contributed by atoms with Crippen molar-refractivity contribution in [2.75, 3.05) is 19.8 Å². The molecule has 2 rings (SSSR count). The number of rotatable bonds is 12. The molecule has 6 nitrogen and oxygen atoms in total. The van der Waals surface area contributed by atoms with Gasteiger partial charge >= 0.3 is 7.60 Å². The lowest BCUT2D eigenvalue weighted by Crippen LogP contribution is -2.32. The molecular weight excluding hydrogens is 389 g/mol. The van der Waals surface area contributed by atoms with Gasteiger partial charge in [-0.05, 0) is 25.0 Å². The Morgan fingerprint density at radius 2 is 1.48 bits per heavy atom. The first-order valence-corrected chi connectivity index (χ1v) is 11.2. The summed E-state index contributed by atoms with van der Waals surface area (Å²) in [5, 5.41) is 1.28. The maximum atomic E-state index is 12.8. The molecule has 0 N–H and O–H groups in total. The van der Waals surface area contributed by atoms with Crippen LogP contribution in [0.5, 0.6) is 0 Å². The molecule has 0 saturated heterocycles. The zero-order valence-electron chi connectivity index (χ0n) is 16.9. The molecule has 0 saturated carbocycles. The van der Waals surface area contributed by atoms with Crippen LogP contribution in [0.4, 0.5) is 0 Å². The van der Waals surface area contributed by atoms with Crippen molar-refractivity contribution in [1.82, 2.24) is 5.06 Å². The number of nitrogens with zero attached hydrogens (tertiary/aromatic N) is 1. The van der Waals surface area contributed by atoms with E-state index in [0.717, 1.165) is 11.1 Å². The molecule has 0 aliphatic carbocycles. The fourth-order valence-electron chi connectivity index (χ4n) is 2.57. The molecule has 0 bridgehead atoms. The quantitative estimate of drug-likeness (QED) is 0.360. The van der Waals surface area contributed by atoms with Gasteiger partial charge in [0.15, 0.2) is 0 Å². The minimum Gasteiger partial charge on any atom is -0.306 e. The largest absolute Gasteiger partial charge is 0.353 e. The van der Waals surface area contributed by atoms with Crippen molar-refractivity contribution in [1.29, 1.82) is 0 Å². The molecule has 0 unspecified atom stereocenters. The van der Waals surface area contributed by atoms with E-state index in [4.69, 9.17) is 13.9 Å². The molecule has 2 aromatic rings. The second kappa shape index (κ2) is 12.3. The van der Waals surface area contributed by atoms with Crippen LogP contribution in [0.25, 0.3) is 0 Å². The SMILES string of the molecule is CCOP(=O)(/C=C/CN(OCc1ccccc1)C(=O)Cc1ccccc1)OCC. The number of hydroxylamine groups is 2. The third-order valence-electron chi connectivity index (χ3n) is 3.88. The van der Waals surface area contributed by atoms with Gasteiger partial charge in [0, 0.05) is 5.82 Å². The molecule has 1 amide bonds. The highest BCUT2D eigenvalue weighted by molar-refractivity contribution is 7.57. The third-order valence-corrected chi connectivity index (χ3v) is 5.70. The summed E-state index contributed by atoms with van der Waals surface area (Å²) in [4.78, 5) is 18.5. The molecule has 0 aromatic heterocycles. The first-order valence-electron chi connectivity index (χ1n) is 9.64. The molecule has 0 heterocycles. The van der Waals surface area contributed by atoms with Crippen LogP contribution in [0, 0.1) is 0 Å². The van der Waals surface area contributed by atoms with Crippen LogP contribution in [0.3, 0.4) is 0 Å². The Kier molecular flexibility index (Phi) is 9.81. The Morgan fingerprint density at radius 1 is 0.931 bits per heavy atom. The molecule has 0 fully saturated rings. The second-order valence-electron chi connectivity index (χ2n) is 6.14. The summed E-state index contributed by atoms with van der Waals surface area (Å²) in [6.45, 7) is 4.41. The normalized spacial score (nSPS) is 11.7. The van der Waals surface area contributed by atoms with Gasteiger partial charge in [-0.3, -0.25) is 14.2 Å². The molecule has 156 valence electrons. The zero-order valence-corrected chi connectivity index (χ0v) is 17.8. The highest BCUT2D eigenvalue weighted by Crippen LogP contribution is 2.49. The molecule has 0 aliphatic rings. The lowest BCUT2D eigenvalue weighted by Gasteiger charge is -2.21. The van der Waals surface area contributed by atoms with Gasteiger partial charge < -0.3 is 9.05 Å². The molecule has 0 aliphatic heterocycles. The number of carbonyl (C=O) groups is 1. The van der Waals surface area contributed by atoms with Crippen molar-refractivity contribution in [2.45, 2.75) is 26.9 Å². The molecular formula is C22H28NO5P. The smallest absolute Gasteiger partial charge is 0.306 e. The first kappa shape index (κ1) is 23.0. The van der Waals surface area contributed by atoms with Crippen LogP contribution in [-0.2, 0) is 36.3 Å². The van der Waals surface area contributed by atoms with E-state index in [-0.39, 0.29) is 38.7 Å².